The molecule has 0 amide bonds. The molecular weight excluding hydrogens is 438 g/mol. The van der Waals surface area contributed by atoms with E-state index >= 15 is 0 Å². The molecule has 0 bridgehead atoms. The summed E-state index contributed by atoms with van der Waals surface area (Å²) in [7, 11) is -2.06. The number of hydrogen-bond donors (Lipinski definition) is 2. The summed E-state index contributed by atoms with van der Waals surface area (Å²) in [4.78, 5) is 0. The van der Waals surface area contributed by atoms with Crippen LogP contribution in [0.5, 0.6) is 0 Å². The van der Waals surface area contributed by atoms with Gasteiger partial charge < -0.3 is 14.6 Å². The van der Waals surface area contributed by atoms with Crippen molar-refractivity contribution in [3.8, 4) is 5.69 Å². The molecule has 0 aliphatic heterocycles. The molecule has 1 aromatic heterocycles. The molecule has 178 valence electrons. The summed E-state index contributed by atoms with van der Waals surface area (Å²) in [6.07, 6.45) is -4.59. The predicted molar refractivity (Wildman–Crippen MR) is 133 cm³/mol. The molecule has 0 fully saturated rings. The average molecular weight is 467 g/mol. The summed E-state index contributed by atoms with van der Waals surface area (Å²) in [5, 5.41) is 22.0. The van der Waals surface area contributed by atoms with Gasteiger partial charge in [0.1, 0.15) is 0 Å². The van der Waals surface area contributed by atoms with Gasteiger partial charge in [-0.05, 0) is 64.4 Å². The fourth-order valence-electron chi connectivity index (χ4n) is 4.36. The van der Waals surface area contributed by atoms with Gasteiger partial charge in [-0.15, -0.1) is 0 Å². The molecular formula is C27H29BF3NO2. The van der Waals surface area contributed by atoms with Gasteiger partial charge in [-0.3, -0.25) is 0 Å². The van der Waals surface area contributed by atoms with Crippen molar-refractivity contribution < 1.29 is 23.2 Å². The van der Waals surface area contributed by atoms with Crippen molar-refractivity contribution in [2.45, 2.75) is 58.5 Å². The van der Waals surface area contributed by atoms with Gasteiger partial charge in [-0.2, -0.15) is 13.2 Å². The van der Waals surface area contributed by atoms with Gasteiger partial charge in [0, 0.05) is 21.9 Å². The van der Waals surface area contributed by atoms with E-state index in [0.717, 1.165) is 45.1 Å². The number of benzene rings is 3. The zero-order chi connectivity index (χ0) is 25.2. The van der Waals surface area contributed by atoms with Crippen LogP contribution in [0.1, 0.15) is 58.2 Å². The van der Waals surface area contributed by atoms with E-state index in [-0.39, 0.29) is 16.3 Å². The molecule has 0 saturated heterocycles. The Morgan fingerprint density at radius 2 is 1.09 bits per heavy atom. The quantitative estimate of drug-likeness (QED) is 0.351. The molecule has 0 aliphatic rings. The lowest BCUT2D eigenvalue weighted by molar-refractivity contribution is -0.137. The van der Waals surface area contributed by atoms with Gasteiger partial charge >= 0.3 is 13.3 Å². The standard InChI is InChI=1S/C27H29BF3NO2/c1-25(2,3)16-7-10-22-19(13-16)20-14-17(26(4,5)6)8-11-23(20)32(22)24-12-9-18(27(29,30)31)15-21(24)28(33)34/h7-15,33-34H,1-6H3. The molecule has 1 heterocycles. The minimum absolute atomic E-state index is 0.0922. The van der Waals surface area contributed by atoms with E-state index in [4.69, 9.17) is 0 Å². The van der Waals surface area contributed by atoms with Gasteiger partial charge in [0.25, 0.3) is 0 Å². The van der Waals surface area contributed by atoms with Crippen LogP contribution >= 0.6 is 0 Å². The second kappa shape index (κ2) is 7.89. The molecule has 4 rings (SSSR count). The minimum atomic E-state index is -4.59. The number of hydrogen-bond acceptors (Lipinski definition) is 2. The van der Waals surface area contributed by atoms with Crippen LogP contribution in [0.4, 0.5) is 13.2 Å². The molecule has 2 N–H and O–H groups in total. The maximum Gasteiger partial charge on any atom is 0.490 e. The highest BCUT2D eigenvalue weighted by Crippen LogP contribution is 2.38. The van der Waals surface area contributed by atoms with E-state index in [2.05, 4.69) is 53.7 Å². The van der Waals surface area contributed by atoms with Crippen LogP contribution in [0, 0.1) is 0 Å². The number of rotatable bonds is 2. The van der Waals surface area contributed by atoms with Crippen molar-refractivity contribution in [1.29, 1.82) is 0 Å². The minimum Gasteiger partial charge on any atom is -0.423 e. The highest BCUT2D eigenvalue weighted by molar-refractivity contribution is 6.60. The summed E-state index contributed by atoms with van der Waals surface area (Å²) >= 11 is 0. The van der Waals surface area contributed by atoms with E-state index in [0.29, 0.717) is 5.69 Å². The highest BCUT2D eigenvalue weighted by Gasteiger charge is 2.33. The first-order valence-electron chi connectivity index (χ1n) is 11.3. The topological polar surface area (TPSA) is 45.4 Å². The second-order valence-corrected chi connectivity index (χ2v) is 10.9. The van der Waals surface area contributed by atoms with Crippen molar-refractivity contribution in [3.63, 3.8) is 0 Å². The maximum atomic E-state index is 13.4. The summed E-state index contributed by atoms with van der Waals surface area (Å²) < 4.78 is 41.9. The number of nitrogens with zero attached hydrogens (tertiary/aromatic N) is 1. The average Bonchev–Trinajstić information content (AvgIpc) is 3.04. The SMILES string of the molecule is CC(C)(C)c1ccc2c(c1)c1cc(C(C)(C)C)ccc1n2-c1ccc(C(F)(F)F)cc1B(O)O. The van der Waals surface area contributed by atoms with E-state index in [9.17, 15) is 23.2 Å². The largest absolute Gasteiger partial charge is 0.490 e. The molecule has 3 nitrogen and oxygen atoms in total. The Labute approximate surface area is 198 Å². The lowest BCUT2D eigenvalue weighted by Crippen LogP contribution is -2.34. The first kappa shape index (κ1) is 24.4. The number of fused-ring (bicyclic) bond motifs is 3. The fourth-order valence-corrected chi connectivity index (χ4v) is 4.36. The van der Waals surface area contributed by atoms with Crippen molar-refractivity contribution in [2.24, 2.45) is 0 Å². The molecule has 0 spiro atoms. The molecule has 3 aromatic carbocycles. The molecule has 0 saturated carbocycles. The van der Waals surface area contributed by atoms with Crippen molar-refractivity contribution in [2.75, 3.05) is 0 Å². The third-order valence-corrected chi connectivity index (χ3v) is 6.37. The molecule has 0 atom stereocenters. The van der Waals surface area contributed by atoms with E-state index < -0.39 is 18.9 Å². The van der Waals surface area contributed by atoms with Gasteiger partial charge in [0.15, 0.2) is 0 Å². The summed E-state index contributed by atoms with van der Waals surface area (Å²) in [6, 6.07) is 15.3. The van der Waals surface area contributed by atoms with E-state index in [1.54, 1.807) is 0 Å². The summed E-state index contributed by atoms with van der Waals surface area (Å²) in [6.45, 7) is 12.8. The van der Waals surface area contributed by atoms with Gasteiger partial charge in [-0.1, -0.05) is 53.7 Å². The van der Waals surface area contributed by atoms with Crippen LogP contribution in [0.2, 0.25) is 0 Å². The Morgan fingerprint density at radius 1 is 0.647 bits per heavy atom. The number of alkyl halides is 3. The maximum absolute atomic E-state index is 13.4. The fraction of sp³-hybridized carbons (Fsp3) is 0.333. The lowest BCUT2D eigenvalue weighted by Gasteiger charge is -2.19. The van der Waals surface area contributed by atoms with E-state index in [1.807, 2.05) is 28.8 Å². The molecule has 0 unspecified atom stereocenters. The second-order valence-electron chi connectivity index (χ2n) is 10.9. The molecule has 0 aliphatic carbocycles. The lowest BCUT2D eigenvalue weighted by atomic mass is 9.78. The van der Waals surface area contributed by atoms with Crippen LogP contribution < -0.4 is 5.46 Å². The summed E-state index contributed by atoms with van der Waals surface area (Å²) in [5.41, 5.74) is 2.83. The predicted octanol–water partition coefficient (Wildman–Crippen LogP) is 6.08. The van der Waals surface area contributed by atoms with Gasteiger partial charge in [-0.25, -0.2) is 0 Å². The number of aromatic nitrogens is 1. The zero-order valence-corrected chi connectivity index (χ0v) is 20.2. The van der Waals surface area contributed by atoms with Crippen LogP contribution in [0.25, 0.3) is 27.5 Å². The Morgan fingerprint density at radius 3 is 1.47 bits per heavy atom. The monoisotopic (exact) mass is 467 g/mol. The van der Waals surface area contributed by atoms with Crippen LogP contribution in [-0.2, 0) is 17.0 Å². The van der Waals surface area contributed by atoms with Crippen LogP contribution in [0.3, 0.4) is 0 Å². The highest BCUT2D eigenvalue weighted by atomic mass is 19.4. The van der Waals surface area contributed by atoms with E-state index in [1.165, 1.54) is 6.07 Å². The van der Waals surface area contributed by atoms with Crippen LogP contribution in [0.15, 0.2) is 54.6 Å². The Hall–Kier alpha value is -2.77. The van der Waals surface area contributed by atoms with Crippen molar-refractivity contribution in [3.05, 3.63) is 71.3 Å². The van der Waals surface area contributed by atoms with Gasteiger partial charge in [0.05, 0.1) is 16.6 Å². The molecule has 34 heavy (non-hydrogen) atoms. The van der Waals surface area contributed by atoms with Crippen molar-refractivity contribution >= 4 is 34.4 Å². The first-order chi connectivity index (χ1) is 15.6. The third kappa shape index (κ3) is 4.23. The molecule has 4 aromatic rings. The Bertz CT molecular complexity index is 1320. The Kier molecular flexibility index (Phi) is 5.65. The van der Waals surface area contributed by atoms with Crippen LogP contribution in [-0.4, -0.2) is 21.7 Å². The normalized spacial score (nSPS) is 13.1. The smallest absolute Gasteiger partial charge is 0.423 e. The van der Waals surface area contributed by atoms with Crippen molar-refractivity contribution in [1.82, 2.24) is 4.57 Å². The van der Waals surface area contributed by atoms with Gasteiger partial charge in [0.2, 0.25) is 0 Å². The first-order valence-corrected chi connectivity index (χ1v) is 11.3. The molecule has 0 radical (unpaired) electrons. The number of halogens is 3. The summed E-state index contributed by atoms with van der Waals surface area (Å²) in [5.74, 6) is 0. The molecule has 7 heteroatoms. The third-order valence-electron chi connectivity index (χ3n) is 6.37. The zero-order valence-electron chi connectivity index (χ0n) is 20.2. The Balaban J connectivity index is 2.12.